The van der Waals surface area contributed by atoms with Crippen molar-refractivity contribution in [3.8, 4) is 0 Å². The highest BCUT2D eigenvalue weighted by Gasteiger charge is 2.43. The van der Waals surface area contributed by atoms with Crippen LogP contribution in [0.1, 0.15) is 59.9 Å². The fraction of sp³-hybridized carbons (Fsp3) is 0.419. The van der Waals surface area contributed by atoms with Crippen LogP contribution in [-0.2, 0) is 21.3 Å². The van der Waals surface area contributed by atoms with Gasteiger partial charge in [-0.2, -0.15) is 0 Å². The first-order valence-electron chi connectivity index (χ1n) is 14.2. The second-order valence-electron chi connectivity index (χ2n) is 11.4. The molecule has 6 rings (SSSR count). The van der Waals surface area contributed by atoms with Gasteiger partial charge in [0, 0.05) is 51.6 Å². The summed E-state index contributed by atoms with van der Waals surface area (Å²) in [7, 11) is 3.40. The minimum absolute atomic E-state index is 0.0728. The maximum atomic E-state index is 12.9. The molecule has 0 spiro atoms. The number of aromatic nitrogens is 3. The SMILES string of the molecule is COCC(=O)N[C@H](C1=Cc2cccnc2[C@@H](N2CCN(C(=O)OC3(C)CC3)CC2)c2ccc(Cl)cc21)c1cncn1C. The van der Waals surface area contributed by atoms with Gasteiger partial charge in [-0.15, -0.1) is 0 Å². The summed E-state index contributed by atoms with van der Waals surface area (Å²) in [4.78, 5) is 39.1. The highest BCUT2D eigenvalue weighted by atomic mass is 35.5. The van der Waals surface area contributed by atoms with Crippen LogP contribution in [0, 0.1) is 0 Å². The molecule has 2 fully saturated rings. The summed E-state index contributed by atoms with van der Waals surface area (Å²) in [6.07, 6.45) is 8.97. The van der Waals surface area contributed by atoms with Crippen molar-refractivity contribution in [2.45, 2.75) is 37.5 Å². The van der Waals surface area contributed by atoms with E-state index in [2.05, 4.69) is 21.3 Å². The van der Waals surface area contributed by atoms with Gasteiger partial charge in [0.1, 0.15) is 12.2 Å². The lowest BCUT2D eigenvalue weighted by Gasteiger charge is -2.39. The minimum atomic E-state index is -0.528. The van der Waals surface area contributed by atoms with Crippen LogP contribution >= 0.6 is 11.6 Å². The fourth-order valence-electron chi connectivity index (χ4n) is 5.80. The average Bonchev–Trinajstić information content (AvgIpc) is 3.59. The van der Waals surface area contributed by atoms with Crippen molar-refractivity contribution in [2.24, 2.45) is 7.05 Å². The maximum Gasteiger partial charge on any atom is 0.410 e. The largest absolute Gasteiger partial charge is 0.443 e. The molecule has 1 N–H and O–H groups in total. The van der Waals surface area contributed by atoms with Gasteiger partial charge in [0.2, 0.25) is 5.91 Å². The van der Waals surface area contributed by atoms with E-state index >= 15 is 0 Å². The van der Waals surface area contributed by atoms with E-state index in [0.717, 1.165) is 46.5 Å². The molecule has 3 aliphatic rings. The lowest BCUT2D eigenvalue weighted by atomic mass is 9.89. The normalized spacial score (nSPS) is 20.0. The third-order valence-corrected chi connectivity index (χ3v) is 8.56. The Balaban J connectivity index is 1.40. The number of carbonyl (C=O) groups excluding carboxylic acids is 2. The molecule has 0 radical (unpaired) electrons. The molecule has 3 aromatic rings. The third-order valence-electron chi connectivity index (χ3n) is 8.33. The third kappa shape index (κ3) is 5.66. The molecule has 2 aromatic heterocycles. The van der Waals surface area contributed by atoms with E-state index in [9.17, 15) is 9.59 Å². The average molecular weight is 591 g/mol. The molecule has 1 aromatic carbocycles. The van der Waals surface area contributed by atoms with E-state index in [1.54, 1.807) is 17.4 Å². The molecule has 0 unspecified atom stereocenters. The molecule has 1 saturated heterocycles. The zero-order valence-corrected chi connectivity index (χ0v) is 24.8. The Labute approximate surface area is 250 Å². The highest BCUT2D eigenvalue weighted by molar-refractivity contribution is 6.30. The number of hydrogen-bond donors (Lipinski definition) is 1. The zero-order chi connectivity index (χ0) is 29.4. The van der Waals surface area contributed by atoms with E-state index < -0.39 is 6.04 Å². The number of benzene rings is 1. The van der Waals surface area contributed by atoms with Crippen LogP contribution in [0.2, 0.25) is 5.02 Å². The minimum Gasteiger partial charge on any atom is -0.443 e. The van der Waals surface area contributed by atoms with E-state index in [-0.39, 0.29) is 30.3 Å². The van der Waals surface area contributed by atoms with Gasteiger partial charge >= 0.3 is 6.09 Å². The summed E-state index contributed by atoms with van der Waals surface area (Å²) in [5.41, 5.74) is 5.18. The van der Waals surface area contributed by atoms with Crippen molar-refractivity contribution in [2.75, 3.05) is 39.9 Å². The van der Waals surface area contributed by atoms with Crippen LogP contribution in [-0.4, -0.2) is 81.8 Å². The van der Waals surface area contributed by atoms with Crippen molar-refractivity contribution < 1.29 is 19.1 Å². The van der Waals surface area contributed by atoms with Gasteiger partial charge < -0.3 is 24.3 Å². The van der Waals surface area contributed by atoms with Crippen molar-refractivity contribution in [3.63, 3.8) is 0 Å². The quantitative estimate of drug-likeness (QED) is 0.439. The summed E-state index contributed by atoms with van der Waals surface area (Å²) >= 11 is 6.63. The number of carbonyl (C=O) groups is 2. The van der Waals surface area contributed by atoms with E-state index in [1.807, 2.05) is 55.1 Å². The number of methoxy groups -OCH3 is 1. The zero-order valence-electron chi connectivity index (χ0n) is 24.0. The molecular formula is C31H35ClN6O4. The van der Waals surface area contributed by atoms with Gasteiger partial charge in [0.05, 0.1) is 36.0 Å². The van der Waals surface area contributed by atoms with Crippen LogP contribution in [0.15, 0.2) is 49.1 Å². The predicted molar refractivity (Wildman–Crippen MR) is 159 cm³/mol. The van der Waals surface area contributed by atoms with Crippen LogP contribution in [0.25, 0.3) is 11.6 Å². The molecule has 42 heavy (non-hydrogen) atoms. The Bertz CT molecular complexity index is 1530. The number of rotatable bonds is 7. The number of halogens is 1. The number of fused-ring (bicyclic) bond motifs is 2. The Morgan fingerprint density at radius 2 is 1.98 bits per heavy atom. The molecule has 2 atom stereocenters. The Morgan fingerprint density at radius 1 is 1.19 bits per heavy atom. The second-order valence-corrected chi connectivity index (χ2v) is 11.9. The van der Waals surface area contributed by atoms with Gasteiger partial charge in [-0.05, 0) is 66.3 Å². The summed E-state index contributed by atoms with van der Waals surface area (Å²) < 4.78 is 12.8. The predicted octanol–water partition coefficient (Wildman–Crippen LogP) is 4.22. The molecule has 2 aliphatic carbocycles. The topological polar surface area (TPSA) is 102 Å². The van der Waals surface area contributed by atoms with Gasteiger partial charge in [-0.1, -0.05) is 23.7 Å². The van der Waals surface area contributed by atoms with Crippen LogP contribution in [0.4, 0.5) is 4.79 Å². The Morgan fingerprint density at radius 3 is 2.67 bits per heavy atom. The number of nitrogens with zero attached hydrogens (tertiary/aromatic N) is 5. The molecule has 220 valence electrons. The van der Waals surface area contributed by atoms with E-state index in [1.165, 1.54) is 7.11 Å². The molecule has 10 nitrogen and oxygen atoms in total. The van der Waals surface area contributed by atoms with Gasteiger partial charge in [-0.25, -0.2) is 9.78 Å². The number of nitrogens with one attached hydrogen (secondary N) is 1. The number of imidazole rings is 1. The van der Waals surface area contributed by atoms with Crippen molar-refractivity contribution in [3.05, 3.63) is 82.2 Å². The summed E-state index contributed by atoms with van der Waals surface area (Å²) in [6.45, 7) is 4.33. The first-order chi connectivity index (χ1) is 20.3. The number of amides is 2. The highest BCUT2D eigenvalue weighted by Crippen LogP contribution is 2.44. The molecular weight excluding hydrogens is 556 g/mol. The van der Waals surface area contributed by atoms with Crippen molar-refractivity contribution in [1.29, 1.82) is 0 Å². The van der Waals surface area contributed by atoms with E-state index in [4.69, 9.17) is 26.1 Å². The van der Waals surface area contributed by atoms with Crippen molar-refractivity contribution in [1.82, 2.24) is 29.7 Å². The van der Waals surface area contributed by atoms with Gasteiger partial charge in [0.25, 0.3) is 0 Å². The number of ether oxygens (including phenoxy) is 2. The van der Waals surface area contributed by atoms with Gasteiger partial charge in [0.15, 0.2) is 0 Å². The Kier molecular flexibility index (Phi) is 7.78. The first-order valence-corrected chi connectivity index (χ1v) is 14.6. The lowest BCUT2D eigenvalue weighted by molar-refractivity contribution is -0.125. The standard InChI is InChI=1S/C31H35ClN6O4/c1-31(8-9-31)42-30(40)38-13-11-37(12-14-38)29-22-7-6-21(32)16-23(22)24(15-20-5-4-10-34-27(20)29)28(35-26(39)18-41-3)25-17-33-19-36(25)2/h4-7,10,15-17,19,28-29H,8-9,11-14,18H2,1-3H3,(H,35,39)/t28-,29+/m1/s1. The van der Waals surface area contributed by atoms with E-state index in [0.29, 0.717) is 31.2 Å². The molecule has 2 amide bonds. The van der Waals surface area contributed by atoms with Gasteiger partial charge in [-0.3, -0.25) is 14.7 Å². The van der Waals surface area contributed by atoms with Crippen molar-refractivity contribution >= 4 is 35.3 Å². The first kappa shape index (κ1) is 28.4. The van der Waals surface area contributed by atoms with Crippen LogP contribution in [0.5, 0.6) is 0 Å². The summed E-state index contributed by atoms with van der Waals surface area (Å²) in [6, 6.07) is 9.14. The summed E-state index contributed by atoms with van der Waals surface area (Å²) in [5, 5.41) is 3.75. The molecule has 0 bridgehead atoms. The number of aryl methyl sites for hydroxylation is 1. The molecule has 1 aliphatic heterocycles. The second kappa shape index (κ2) is 11.5. The number of pyridine rings is 1. The Hall–Kier alpha value is -3.73. The molecule has 11 heteroatoms. The monoisotopic (exact) mass is 590 g/mol. The molecule has 3 heterocycles. The number of piperazine rings is 1. The smallest absolute Gasteiger partial charge is 0.410 e. The van der Waals surface area contributed by atoms with Crippen LogP contribution in [0.3, 0.4) is 0 Å². The number of hydrogen-bond acceptors (Lipinski definition) is 7. The lowest BCUT2D eigenvalue weighted by Crippen LogP contribution is -2.50. The molecule has 1 saturated carbocycles. The fourth-order valence-corrected chi connectivity index (χ4v) is 5.98. The maximum absolute atomic E-state index is 12.9. The van der Waals surface area contributed by atoms with Crippen LogP contribution < -0.4 is 5.32 Å². The summed E-state index contributed by atoms with van der Waals surface area (Å²) in [5.74, 6) is -0.247.